The lowest BCUT2D eigenvalue weighted by molar-refractivity contribution is 1.03. The van der Waals surface area contributed by atoms with Gasteiger partial charge in [0.25, 0.3) is 0 Å². The Bertz CT molecular complexity index is 3700. The smallest absolute Gasteiger partial charge is 0.238 e. The predicted octanol–water partition coefficient (Wildman–Crippen LogP) is 16.1. The second kappa shape index (κ2) is 13.0. The van der Waals surface area contributed by atoms with Crippen LogP contribution in [-0.2, 0) is 0 Å². The maximum atomic E-state index is 5.46. The zero-order valence-corrected chi connectivity index (χ0v) is 34.4. The lowest BCUT2D eigenvalue weighted by atomic mass is 10.1. The summed E-state index contributed by atoms with van der Waals surface area (Å²) in [5, 5.41) is 9.89. The Morgan fingerprint density at radius 1 is 0.322 bits per heavy atom. The van der Waals surface area contributed by atoms with E-state index in [0.29, 0.717) is 17.6 Å². The molecule has 13 aromatic rings. The van der Waals surface area contributed by atoms with Crippen molar-refractivity contribution in [1.29, 1.82) is 0 Å². The Balaban J connectivity index is 1.10. The van der Waals surface area contributed by atoms with Crippen molar-refractivity contribution in [2.45, 2.75) is 0 Å². The zero-order valence-electron chi connectivity index (χ0n) is 31.1. The maximum Gasteiger partial charge on any atom is 0.238 e. The van der Waals surface area contributed by atoms with Crippen LogP contribution in [0.5, 0.6) is 0 Å². The molecule has 276 valence electrons. The van der Waals surface area contributed by atoms with E-state index in [0.717, 1.165) is 22.5 Å². The van der Waals surface area contributed by atoms with Gasteiger partial charge in [-0.1, -0.05) is 91.0 Å². The second-order valence-corrected chi connectivity index (χ2v) is 19.1. The van der Waals surface area contributed by atoms with Crippen molar-refractivity contribution in [1.82, 2.24) is 15.0 Å². The number of hydrogen-bond donors (Lipinski definition) is 0. The Labute approximate surface area is 353 Å². The fourth-order valence-electron chi connectivity index (χ4n) is 8.58. The molecule has 0 atom stereocenters. The minimum Gasteiger partial charge on any atom is -0.278 e. The van der Waals surface area contributed by atoms with Crippen LogP contribution in [-0.4, -0.2) is 15.0 Å². The first kappa shape index (κ1) is 33.4. The van der Waals surface area contributed by atoms with Crippen molar-refractivity contribution in [3.05, 3.63) is 170 Å². The lowest BCUT2D eigenvalue weighted by Crippen LogP contribution is -2.15. The average molecular weight is 825 g/mol. The van der Waals surface area contributed by atoms with Crippen LogP contribution < -0.4 is 4.90 Å². The molecule has 0 fully saturated rings. The molecule has 0 radical (unpaired) electrons. The zero-order chi connectivity index (χ0) is 38.6. The predicted molar refractivity (Wildman–Crippen MR) is 257 cm³/mol. The summed E-state index contributed by atoms with van der Waals surface area (Å²) in [6.45, 7) is 0. The van der Waals surface area contributed by atoms with E-state index in [9.17, 15) is 0 Å². The molecule has 0 aliphatic heterocycles. The summed E-state index contributed by atoms with van der Waals surface area (Å²) in [4.78, 5) is 18.5. The quantitative estimate of drug-likeness (QED) is 0.173. The van der Waals surface area contributed by atoms with E-state index in [4.69, 9.17) is 15.0 Å². The molecule has 0 aliphatic carbocycles. The van der Waals surface area contributed by atoms with Crippen molar-refractivity contribution < 1.29 is 0 Å². The number of hydrogen-bond acceptors (Lipinski definition) is 8. The number of anilines is 3. The normalized spacial score (nSPS) is 12.1. The van der Waals surface area contributed by atoms with E-state index in [2.05, 4.69) is 175 Å². The van der Waals surface area contributed by atoms with Gasteiger partial charge in [-0.15, -0.1) is 45.3 Å². The summed E-state index contributed by atoms with van der Waals surface area (Å²) in [6, 6.07) is 61.3. The van der Waals surface area contributed by atoms with Crippen LogP contribution in [0, 0.1) is 0 Å². The summed E-state index contributed by atoms with van der Waals surface area (Å²) in [5.74, 6) is 1.84. The number of thiophene rings is 4. The van der Waals surface area contributed by atoms with Crippen molar-refractivity contribution >= 4 is 143 Å². The van der Waals surface area contributed by atoms with Crippen LogP contribution in [0.25, 0.3) is 103 Å². The lowest BCUT2D eigenvalue weighted by Gasteiger charge is -2.24. The van der Waals surface area contributed by atoms with Gasteiger partial charge in [0.15, 0.2) is 11.6 Å². The molecule has 59 heavy (non-hydrogen) atoms. The third-order valence-electron chi connectivity index (χ3n) is 11.3. The first-order valence-electron chi connectivity index (χ1n) is 19.4. The molecule has 0 saturated heterocycles. The largest absolute Gasteiger partial charge is 0.278 e. The van der Waals surface area contributed by atoms with Crippen molar-refractivity contribution in [2.24, 2.45) is 0 Å². The molecule has 8 aromatic carbocycles. The summed E-state index contributed by atoms with van der Waals surface area (Å²) < 4.78 is 9.96. The number of fused-ring (bicyclic) bond motifs is 12. The molecule has 5 heterocycles. The van der Waals surface area contributed by atoms with E-state index < -0.39 is 0 Å². The Kier molecular flexibility index (Phi) is 7.35. The molecule has 0 spiro atoms. The van der Waals surface area contributed by atoms with E-state index in [1.807, 2.05) is 45.3 Å². The molecule has 5 aromatic heterocycles. The molecule has 0 saturated carbocycles. The molecule has 13 rings (SSSR count). The van der Waals surface area contributed by atoms with Gasteiger partial charge in [-0.3, -0.25) is 4.90 Å². The Hall–Kier alpha value is -6.55. The van der Waals surface area contributed by atoms with Gasteiger partial charge in [0, 0.05) is 87.1 Å². The molecule has 0 N–H and O–H groups in total. The summed E-state index contributed by atoms with van der Waals surface area (Å²) >= 11 is 7.27. The van der Waals surface area contributed by atoms with Crippen molar-refractivity contribution in [3.8, 4) is 22.8 Å². The molecular formula is C51H28N4S4. The average Bonchev–Trinajstić information content (AvgIpc) is 4.06. The van der Waals surface area contributed by atoms with Gasteiger partial charge in [-0.05, 0) is 78.9 Å². The third-order valence-corrected chi connectivity index (χ3v) is 16.0. The van der Waals surface area contributed by atoms with Gasteiger partial charge >= 0.3 is 0 Å². The van der Waals surface area contributed by atoms with Gasteiger partial charge in [-0.2, -0.15) is 9.97 Å². The Morgan fingerprint density at radius 3 is 1.37 bits per heavy atom. The fourth-order valence-corrected chi connectivity index (χ4v) is 13.1. The fraction of sp³-hybridized carbons (Fsp3) is 0. The van der Waals surface area contributed by atoms with Crippen LogP contribution in [0.15, 0.2) is 170 Å². The molecule has 0 aliphatic rings. The molecule has 0 bridgehead atoms. The van der Waals surface area contributed by atoms with Crippen LogP contribution in [0.4, 0.5) is 17.3 Å². The van der Waals surface area contributed by atoms with Crippen LogP contribution in [0.2, 0.25) is 0 Å². The van der Waals surface area contributed by atoms with E-state index >= 15 is 0 Å². The van der Waals surface area contributed by atoms with E-state index in [1.54, 1.807) is 0 Å². The van der Waals surface area contributed by atoms with Crippen LogP contribution in [0.1, 0.15) is 0 Å². The molecule has 4 nitrogen and oxygen atoms in total. The monoisotopic (exact) mass is 824 g/mol. The number of nitrogens with zero attached hydrogens (tertiary/aromatic N) is 4. The topological polar surface area (TPSA) is 41.9 Å². The minimum atomic E-state index is 0.570. The van der Waals surface area contributed by atoms with Crippen LogP contribution >= 0.6 is 45.3 Å². The number of aromatic nitrogens is 3. The highest BCUT2D eigenvalue weighted by atomic mass is 32.1. The minimum absolute atomic E-state index is 0.570. The molecular weight excluding hydrogens is 797 g/mol. The molecule has 0 amide bonds. The third kappa shape index (κ3) is 5.27. The first-order valence-corrected chi connectivity index (χ1v) is 22.7. The van der Waals surface area contributed by atoms with Gasteiger partial charge in [-0.25, -0.2) is 4.98 Å². The van der Waals surface area contributed by atoms with Gasteiger partial charge < -0.3 is 0 Å². The van der Waals surface area contributed by atoms with Gasteiger partial charge in [0.1, 0.15) is 0 Å². The van der Waals surface area contributed by atoms with Crippen molar-refractivity contribution in [3.63, 3.8) is 0 Å². The SMILES string of the molecule is c1ccc2c(c1)sc1cc(N(c3nc(-c4ccc5sc6ccccc6c5c4)nc(-c4ccc5sc6ccccc6c5c4)n3)c3cccc4c3sc3ccccc34)ccc12. The Morgan fingerprint density at radius 2 is 0.780 bits per heavy atom. The van der Waals surface area contributed by atoms with Crippen molar-refractivity contribution in [2.75, 3.05) is 4.90 Å². The highest BCUT2D eigenvalue weighted by Gasteiger charge is 2.24. The maximum absolute atomic E-state index is 5.46. The van der Waals surface area contributed by atoms with Gasteiger partial charge in [0.2, 0.25) is 5.95 Å². The molecule has 8 heteroatoms. The first-order chi connectivity index (χ1) is 29.2. The highest BCUT2D eigenvalue weighted by molar-refractivity contribution is 7.27. The highest BCUT2D eigenvalue weighted by Crippen LogP contribution is 2.46. The number of benzene rings is 8. The molecule has 0 unspecified atom stereocenters. The second-order valence-electron chi connectivity index (χ2n) is 14.8. The van der Waals surface area contributed by atoms with Gasteiger partial charge in [0.05, 0.1) is 16.1 Å². The summed E-state index contributed by atoms with van der Waals surface area (Å²) in [6.07, 6.45) is 0. The standard InChI is InChI=1S/C51H28N4S4/c1-5-16-41-32(10-1)36-23-22-31(28-47(36)58-41)55(40-15-9-14-37-33-11-2-8-19-44(33)59-48(37)40)51-53-49(29-20-24-45-38(26-29)34-12-3-6-17-42(34)56-45)52-50(54-51)30-21-25-46-39(27-30)35-13-4-7-18-43(35)57-46/h1-28H. The van der Waals surface area contributed by atoms with E-state index in [-0.39, 0.29) is 0 Å². The van der Waals surface area contributed by atoms with Crippen LogP contribution in [0.3, 0.4) is 0 Å². The van der Waals surface area contributed by atoms with E-state index in [1.165, 1.54) is 80.7 Å². The number of rotatable bonds is 5. The summed E-state index contributed by atoms with van der Waals surface area (Å²) in [7, 11) is 0. The summed E-state index contributed by atoms with van der Waals surface area (Å²) in [5.41, 5.74) is 3.93.